The number of thioether (sulfide) groups is 1. The van der Waals surface area contributed by atoms with Crippen LogP contribution in [0.15, 0.2) is 12.1 Å². The van der Waals surface area contributed by atoms with E-state index in [4.69, 9.17) is 5.84 Å². The van der Waals surface area contributed by atoms with Gasteiger partial charge in [0.15, 0.2) is 0 Å². The topological polar surface area (TPSA) is 54.2 Å². The molecule has 0 spiro atoms. The number of nitrogen functional groups attached to an aromatic ring is 1. The number of hydrazine groups is 1. The Kier molecular flexibility index (Phi) is 5.94. The molecule has 1 atom stereocenters. The van der Waals surface area contributed by atoms with E-state index in [1.54, 1.807) is 23.7 Å². The summed E-state index contributed by atoms with van der Waals surface area (Å²) in [5.41, 5.74) is 1.41. The van der Waals surface area contributed by atoms with Crippen LogP contribution in [0.5, 0.6) is 0 Å². The fourth-order valence-corrected chi connectivity index (χ4v) is 2.22. The zero-order chi connectivity index (χ0) is 15.3. The van der Waals surface area contributed by atoms with Gasteiger partial charge < -0.3 is 10.3 Å². The predicted octanol–water partition coefficient (Wildman–Crippen LogP) is 2.96. The van der Waals surface area contributed by atoms with Crippen molar-refractivity contribution in [2.75, 3.05) is 29.4 Å². The van der Waals surface area contributed by atoms with E-state index in [2.05, 4.69) is 10.4 Å². The Morgan fingerprint density at radius 2 is 2.10 bits per heavy atom. The molecule has 0 aromatic carbocycles. The number of alkyl halides is 3. The van der Waals surface area contributed by atoms with Gasteiger partial charge in [-0.2, -0.15) is 24.9 Å². The molecular formula is C12H19F3N4S. The van der Waals surface area contributed by atoms with Crippen LogP contribution in [-0.4, -0.2) is 30.1 Å². The Bertz CT molecular complexity index is 439. The largest absolute Gasteiger partial charge is 0.416 e. The fraction of sp³-hybridized carbons (Fsp3) is 0.583. The van der Waals surface area contributed by atoms with Crippen molar-refractivity contribution in [3.8, 4) is 0 Å². The predicted molar refractivity (Wildman–Crippen MR) is 77.9 cm³/mol. The summed E-state index contributed by atoms with van der Waals surface area (Å²) in [7, 11) is 1.73. The number of hydrogen-bond acceptors (Lipinski definition) is 5. The second-order valence-electron chi connectivity index (χ2n) is 4.48. The van der Waals surface area contributed by atoms with Crippen LogP contribution in [0.3, 0.4) is 0 Å². The van der Waals surface area contributed by atoms with Crippen molar-refractivity contribution in [1.82, 2.24) is 4.98 Å². The molecule has 0 bridgehead atoms. The van der Waals surface area contributed by atoms with Crippen molar-refractivity contribution in [3.05, 3.63) is 17.7 Å². The summed E-state index contributed by atoms with van der Waals surface area (Å²) >= 11 is 1.70. The standard InChI is InChI=1S/C12H19F3N4S/c1-8(4-5-20-3)19(2)11-7-9(12(13,14)15)6-10(17-11)18-16/h6-8H,4-5,16H2,1-3H3,(H,17,18). The van der Waals surface area contributed by atoms with Crippen LogP contribution >= 0.6 is 11.8 Å². The molecule has 1 heterocycles. The van der Waals surface area contributed by atoms with Gasteiger partial charge in [0.25, 0.3) is 0 Å². The molecule has 20 heavy (non-hydrogen) atoms. The minimum Gasteiger partial charge on any atom is -0.357 e. The van der Waals surface area contributed by atoms with Crippen molar-refractivity contribution >= 4 is 23.4 Å². The highest BCUT2D eigenvalue weighted by molar-refractivity contribution is 7.98. The van der Waals surface area contributed by atoms with E-state index in [9.17, 15) is 13.2 Å². The van der Waals surface area contributed by atoms with Crippen LogP contribution in [0, 0.1) is 0 Å². The highest BCUT2D eigenvalue weighted by Gasteiger charge is 2.32. The van der Waals surface area contributed by atoms with Crippen LogP contribution < -0.4 is 16.2 Å². The second-order valence-corrected chi connectivity index (χ2v) is 5.47. The van der Waals surface area contributed by atoms with Gasteiger partial charge >= 0.3 is 6.18 Å². The monoisotopic (exact) mass is 308 g/mol. The average Bonchev–Trinajstić information content (AvgIpc) is 2.42. The lowest BCUT2D eigenvalue weighted by atomic mass is 10.2. The molecule has 4 nitrogen and oxygen atoms in total. The molecule has 0 fully saturated rings. The molecule has 0 saturated heterocycles. The maximum atomic E-state index is 12.8. The number of anilines is 2. The lowest BCUT2D eigenvalue weighted by Crippen LogP contribution is -2.30. The van der Waals surface area contributed by atoms with Crippen LogP contribution in [0.1, 0.15) is 18.9 Å². The third-order valence-corrected chi connectivity index (χ3v) is 3.69. The number of rotatable bonds is 6. The summed E-state index contributed by atoms with van der Waals surface area (Å²) in [5.74, 6) is 6.37. The molecule has 8 heteroatoms. The highest BCUT2D eigenvalue weighted by atomic mass is 32.2. The molecule has 3 N–H and O–H groups in total. The maximum absolute atomic E-state index is 12.8. The Morgan fingerprint density at radius 3 is 2.60 bits per heavy atom. The molecule has 1 aromatic rings. The van der Waals surface area contributed by atoms with Crippen LogP contribution in [0.2, 0.25) is 0 Å². The number of hydrogen-bond donors (Lipinski definition) is 2. The van der Waals surface area contributed by atoms with E-state index >= 15 is 0 Å². The van der Waals surface area contributed by atoms with Gasteiger partial charge in [-0.15, -0.1) is 0 Å². The maximum Gasteiger partial charge on any atom is 0.416 e. The summed E-state index contributed by atoms with van der Waals surface area (Å²) < 4.78 is 38.5. The number of halogens is 3. The molecule has 1 aromatic heterocycles. The zero-order valence-electron chi connectivity index (χ0n) is 11.7. The SMILES string of the molecule is CSCCC(C)N(C)c1cc(C(F)(F)F)cc(NN)n1. The minimum absolute atomic E-state index is 0.00117. The lowest BCUT2D eigenvalue weighted by Gasteiger charge is -2.27. The summed E-state index contributed by atoms with van der Waals surface area (Å²) in [4.78, 5) is 5.81. The molecule has 0 amide bonds. The van der Waals surface area contributed by atoms with Crippen LogP contribution in [-0.2, 0) is 6.18 Å². The second kappa shape index (κ2) is 7.03. The van der Waals surface area contributed by atoms with Gasteiger partial charge in [-0.3, -0.25) is 0 Å². The summed E-state index contributed by atoms with van der Waals surface area (Å²) in [6.45, 7) is 1.95. The van der Waals surface area contributed by atoms with Gasteiger partial charge in [-0.1, -0.05) is 0 Å². The van der Waals surface area contributed by atoms with Crippen molar-refractivity contribution in [1.29, 1.82) is 0 Å². The molecule has 0 saturated carbocycles. The number of nitrogens with zero attached hydrogens (tertiary/aromatic N) is 2. The van der Waals surface area contributed by atoms with Crippen LogP contribution in [0.4, 0.5) is 24.8 Å². The summed E-state index contributed by atoms with van der Waals surface area (Å²) in [5, 5.41) is 0. The van der Waals surface area contributed by atoms with Gasteiger partial charge in [-0.25, -0.2) is 10.8 Å². The number of aromatic nitrogens is 1. The van der Waals surface area contributed by atoms with Gasteiger partial charge in [-0.05, 0) is 37.5 Å². The molecule has 114 valence electrons. The Morgan fingerprint density at radius 1 is 1.45 bits per heavy atom. The molecule has 0 aliphatic carbocycles. The molecule has 1 unspecified atom stereocenters. The minimum atomic E-state index is -4.42. The van der Waals surface area contributed by atoms with Gasteiger partial charge in [0, 0.05) is 13.1 Å². The smallest absolute Gasteiger partial charge is 0.357 e. The van der Waals surface area contributed by atoms with Crippen molar-refractivity contribution in [2.45, 2.75) is 25.6 Å². The van der Waals surface area contributed by atoms with Gasteiger partial charge in [0.1, 0.15) is 11.6 Å². The molecule has 0 radical (unpaired) electrons. The summed E-state index contributed by atoms with van der Waals surface area (Å²) in [6, 6.07) is 2.02. The van der Waals surface area contributed by atoms with Crippen molar-refractivity contribution < 1.29 is 13.2 Å². The van der Waals surface area contributed by atoms with Gasteiger partial charge in [0.2, 0.25) is 0 Å². The van der Waals surface area contributed by atoms with Gasteiger partial charge in [0.05, 0.1) is 5.56 Å². The Balaban J connectivity index is 3.04. The zero-order valence-corrected chi connectivity index (χ0v) is 12.5. The quantitative estimate of drug-likeness (QED) is 0.625. The number of nitrogens with one attached hydrogen (secondary N) is 1. The number of pyridine rings is 1. The first-order valence-corrected chi connectivity index (χ1v) is 7.46. The van der Waals surface area contributed by atoms with Crippen LogP contribution in [0.25, 0.3) is 0 Å². The van der Waals surface area contributed by atoms with E-state index in [1.165, 1.54) is 0 Å². The third kappa shape index (κ3) is 4.45. The summed E-state index contributed by atoms with van der Waals surface area (Å²) in [6.07, 6.45) is -1.57. The van der Waals surface area contributed by atoms with E-state index in [0.717, 1.165) is 24.3 Å². The van der Waals surface area contributed by atoms with Crippen molar-refractivity contribution in [3.63, 3.8) is 0 Å². The lowest BCUT2D eigenvalue weighted by molar-refractivity contribution is -0.137. The highest BCUT2D eigenvalue weighted by Crippen LogP contribution is 2.33. The van der Waals surface area contributed by atoms with Crippen molar-refractivity contribution in [2.24, 2.45) is 5.84 Å². The molecule has 1 rings (SSSR count). The first-order chi connectivity index (χ1) is 9.29. The third-order valence-electron chi connectivity index (χ3n) is 3.05. The van der Waals surface area contributed by atoms with E-state index < -0.39 is 11.7 Å². The normalized spacial score (nSPS) is 13.2. The fourth-order valence-electron chi connectivity index (χ4n) is 1.64. The average molecular weight is 308 g/mol. The Labute approximate surface area is 120 Å². The van der Waals surface area contributed by atoms with E-state index in [-0.39, 0.29) is 17.7 Å². The Hall–Kier alpha value is -1.15. The number of nitrogens with two attached hydrogens (primary N) is 1. The van der Waals surface area contributed by atoms with E-state index in [0.29, 0.717) is 0 Å². The molecular weight excluding hydrogens is 289 g/mol. The first-order valence-electron chi connectivity index (χ1n) is 6.07. The van der Waals surface area contributed by atoms with E-state index in [1.807, 2.05) is 13.2 Å². The first kappa shape index (κ1) is 16.9. The molecule has 0 aliphatic heterocycles. The molecule has 0 aliphatic rings.